The van der Waals surface area contributed by atoms with Crippen molar-refractivity contribution < 1.29 is 9.53 Å². The highest BCUT2D eigenvalue weighted by Crippen LogP contribution is 2.13. The van der Waals surface area contributed by atoms with Crippen molar-refractivity contribution in [3.63, 3.8) is 0 Å². The smallest absolute Gasteiger partial charge is 0.251 e. The fourth-order valence-corrected chi connectivity index (χ4v) is 3.65. The molecular weight excluding hydrogens is 505 g/mol. The first kappa shape index (κ1) is 27.6. The lowest BCUT2D eigenvalue weighted by Crippen LogP contribution is -2.51. The SMILES string of the molecule is CCNC(=O)c1cccc(CN=C(NCC)NCC(CC(C)C)N2CCOCC2)c1.I. The summed E-state index contributed by atoms with van der Waals surface area (Å²) in [6, 6.07) is 8.12. The fourth-order valence-electron chi connectivity index (χ4n) is 3.65. The molecule has 1 aliphatic heterocycles. The third kappa shape index (κ3) is 10.2. The lowest BCUT2D eigenvalue weighted by atomic mass is 10.0. The summed E-state index contributed by atoms with van der Waals surface area (Å²) in [6.45, 7) is 14.9. The lowest BCUT2D eigenvalue weighted by Gasteiger charge is -2.35. The first-order valence-corrected chi connectivity index (χ1v) is 11.2. The van der Waals surface area contributed by atoms with E-state index in [1.807, 2.05) is 31.2 Å². The summed E-state index contributed by atoms with van der Waals surface area (Å²) >= 11 is 0. The number of aliphatic imine (C=N–C) groups is 1. The maximum atomic E-state index is 12.1. The number of hydrogen-bond acceptors (Lipinski definition) is 4. The van der Waals surface area contributed by atoms with Crippen LogP contribution in [0.1, 0.15) is 50.0 Å². The van der Waals surface area contributed by atoms with Gasteiger partial charge in [0.1, 0.15) is 0 Å². The molecule has 1 saturated heterocycles. The number of nitrogens with one attached hydrogen (secondary N) is 3. The standard InChI is InChI=1S/C23H39N5O2.HI/c1-5-24-22(29)20-9-7-8-19(15-20)16-26-23(25-6-2)27-17-21(14-18(3)4)28-10-12-30-13-11-28;/h7-9,15,18,21H,5-6,10-14,16-17H2,1-4H3,(H,24,29)(H2,25,26,27);1H. The van der Waals surface area contributed by atoms with E-state index < -0.39 is 0 Å². The minimum Gasteiger partial charge on any atom is -0.379 e. The van der Waals surface area contributed by atoms with Gasteiger partial charge in [0.25, 0.3) is 5.91 Å². The molecule has 0 aromatic heterocycles. The van der Waals surface area contributed by atoms with Crippen LogP contribution in [-0.4, -0.2) is 68.7 Å². The first-order valence-electron chi connectivity index (χ1n) is 11.2. The summed E-state index contributed by atoms with van der Waals surface area (Å²) in [7, 11) is 0. The van der Waals surface area contributed by atoms with Crippen LogP contribution in [0.5, 0.6) is 0 Å². The van der Waals surface area contributed by atoms with E-state index in [0.717, 1.165) is 57.3 Å². The largest absolute Gasteiger partial charge is 0.379 e. The Kier molecular flexibility index (Phi) is 13.7. The molecule has 1 unspecified atom stereocenters. The Hall–Kier alpha value is -1.39. The summed E-state index contributed by atoms with van der Waals surface area (Å²) in [6.07, 6.45) is 1.14. The number of carbonyl (C=O) groups is 1. The molecule has 2 rings (SSSR count). The Balaban J connectivity index is 0.00000480. The van der Waals surface area contributed by atoms with Crippen molar-refractivity contribution in [2.75, 3.05) is 45.9 Å². The van der Waals surface area contributed by atoms with Gasteiger partial charge in [-0.25, -0.2) is 4.99 Å². The molecule has 7 nitrogen and oxygen atoms in total. The Bertz CT molecular complexity index is 678. The average molecular weight is 546 g/mol. The van der Waals surface area contributed by atoms with Crippen LogP contribution >= 0.6 is 24.0 Å². The minimum absolute atomic E-state index is 0. The molecule has 1 amide bonds. The number of guanidine groups is 1. The molecule has 1 aromatic carbocycles. The molecule has 1 heterocycles. The Morgan fingerprint density at radius 1 is 1.13 bits per heavy atom. The van der Waals surface area contributed by atoms with Crippen molar-refractivity contribution in [2.24, 2.45) is 10.9 Å². The second-order valence-corrected chi connectivity index (χ2v) is 8.07. The first-order chi connectivity index (χ1) is 14.5. The zero-order valence-electron chi connectivity index (χ0n) is 19.4. The van der Waals surface area contributed by atoms with Gasteiger partial charge in [0.2, 0.25) is 0 Å². The van der Waals surface area contributed by atoms with Crippen molar-refractivity contribution >= 4 is 35.8 Å². The molecule has 0 spiro atoms. The van der Waals surface area contributed by atoms with E-state index in [1.54, 1.807) is 0 Å². The third-order valence-electron chi connectivity index (χ3n) is 5.10. The van der Waals surface area contributed by atoms with E-state index >= 15 is 0 Å². The second kappa shape index (κ2) is 15.4. The number of carbonyl (C=O) groups excluding carboxylic acids is 1. The van der Waals surface area contributed by atoms with Crippen LogP contribution in [0.2, 0.25) is 0 Å². The maximum absolute atomic E-state index is 12.1. The van der Waals surface area contributed by atoms with E-state index in [9.17, 15) is 4.79 Å². The molecule has 0 saturated carbocycles. The topological polar surface area (TPSA) is 78.0 Å². The van der Waals surface area contributed by atoms with Crippen molar-refractivity contribution in [3.05, 3.63) is 35.4 Å². The van der Waals surface area contributed by atoms with Gasteiger partial charge < -0.3 is 20.7 Å². The summed E-state index contributed by atoms with van der Waals surface area (Å²) in [4.78, 5) is 19.3. The normalized spacial score (nSPS) is 15.8. The van der Waals surface area contributed by atoms with Crippen LogP contribution < -0.4 is 16.0 Å². The van der Waals surface area contributed by atoms with Gasteiger partial charge in [-0.15, -0.1) is 24.0 Å². The summed E-state index contributed by atoms with van der Waals surface area (Å²) in [5.74, 6) is 1.40. The van der Waals surface area contributed by atoms with Crippen molar-refractivity contribution in [1.29, 1.82) is 0 Å². The van der Waals surface area contributed by atoms with Crippen molar-refractivity contribution in [2.45, 2.75) is 46.7 Å². The van der Waals surface area contributed by atoms with E-state index in [2.05, 4.69) is 41.6 Å². The average Bonchev–Trinajstić information content (AvgIpc) is 2.75. The van der Waals surface area contributed by atoms with E-state index in [-0.39, 0.29) is 29.9 Å². The van der Waals surface area contributed by atoms with Crippen LogP contribution in [0, 0.1) is 5.92 Å². The van der Waals surface area contributed by atoms with Crippen molar-refractivity contribution in [1.82, 2.24) is 20.9 Å². The third-order valence-corrected chi connectivity index (χ3v) is 5.10. The fraction of sp³-hybridized carbons (Fsp3) is 0.652. The number of hydrogen-bond donors (Lipinski definition) is 3. The van der Waals surface area contributed by atoms with Crippen LogP contribution in [0.3, 0.4) is 0 Å². The van der Waals surface area contributed by atoms with Crippen LogP contribution in [0.4, 0.5) is 0 Å². The second-order valence-electron chi connectivity index (χ2n) is 8.07. The van der Waals surface area contributed by atoms with Gasteiger partial charge in [-0.3, -0.25) is 9.69 Å². The molecule has 0 bridgehead atoms. The number of amides is 1. The highest BCUT2D eigenvalue weighted by molar-refractivity contribution is 14.0. The van der Waals surface area contributed by atoms with Gasteiger partial charge in [-0.1, -0.05) is 26.0 Å². The Labute approximate surface area is 204 Å². The van der Waals surface area contributed by atoms with Gasteiger partial charge in [0.05, 0.1) is 19.8 Å². The van der Waals surface area contributed by atoms with E-state index in [0.29, 0.717) is 30.6 Å². The number of halogens is 1. The molecule has 31 heavy (non-hydrogen) atoms. The number of morpholine rings is 1. The molecule has 8 heteroatoms. The van der Waals surface area contributed by atoms with Crippen LogP contribution in [-0.2, 0) is 11.3 Å². The quantitative estimate of drug-likeness (QED) is 0.240. The molecule has 0 aliphatic carbocycles. The van der Waals surface area contributed by atoms with Crippen molar-refractivity contribution in [3.8, 4) is 0 Å². The molecule has 1 fully saturated rings. The monoisotopic (exact) mass is 545 g/mol. The van der Waals surface area contributed by atoms with Gasteiger partial charge in [0.15, 0.2) is 5.96 Å². The summed E-state index contributed by atoms with van der Waals surface area (Å²) < 4.78 is 5.52. The number of ether oxygens (including phenoxy) is 1. The minimum atomic E-state index is -0.0459. The van der Waals surface area contributed by atoms with E-state index in [4.69, 9.17) is 9.73 Å². The number of benzene rings is 1. The molecule has 3 N–H and O–H groups in total. The van der Waals surface area contributed by atoms with Crippen LogP contribution in [0.25, 0.3) is 0 Å². The number of rotatable bonds is 10. The Morgan fingerprint density at radius 2 is 1.84 bits per heavy atom. The Morgan fingerprint density at radius 3 is 2.48 bits per heavy atom. The molecule has 1 aromatic rings. The highest BCUT2D eigenvalue weighted by Gasteiger charge is 2.22. The predicted molar refractivity (Wildman–Crippen MR) is 138 cm³/mol. The van der Waals surface area contributed by atoms with Gasteiger partial charge >= 0.3 is 0 Å². The zero-order chi connectivity index (χ0) is 21.8. The highest BCUT2D eigenvalue weighted by atomic mass is 127. The summed E-state index contributed by atoms with van der Waals surface area (Å²) in [5.41, 5.74) is 1.69. The molecule has 0 radical (unpaired) electrons. The summed E-state index contributed by atoms with van der Waals surface area (Å²) in [5, 5.41) is 9.71. The molecule has 176 valence electrons. The van der Waals surface area contributed by atoms with Crippen LogP contribution in [0.15, 0.2) is 29.3 Å². The maximum Gasteiger partial charge on any atom is 0.251 e. The van der Waals surface area contributed by atoms with E-state index in [1.165, 1.54) is 0 Å². The number of nitrogens with zero attached hydrogens (tertiary/aromatic N) is 2. The van der Waals surface area contributed by atoms with Gasteiger partial charge in [-0.2, -0.15) is 0 Å². The predicted octanol–water partition coefficient (Wildman–Crippen LogP) is 2.86. The van der Waals surface area contributed by atoms with Gasteiger partial charge in [0, 0.05) is 44.3 Å². The zero-order valence-corrected chi connectivity index (χ0v) is 21.8. The molecule has 1 aliphatic rings. The molecular formula is C23H40IN5O2. The lowest BCUT2D eigenvalue weighted by molar-refractivity contribution is 0.0132. The van der Waals surface area contributed by atoms with Gasteiger partial charge in [-0.05, 0) is 43.9 Å². The molecule has 1 atom stereocenters.